The topological polar surface area (TPSA) is 71.4 Å². The summed E-state index contributed by atoms with van der Waals surface area (Å²) in [6, 6.07) is 1.84. The van der Waals surface area contributed by atoms with Crippen molar-refractivity contribution in [1.82, 2.24) is 0 Å². The van der Waals surface area contributed by atoms with Crippen LogP contribution in [0.2, 0.25) is 0 Å². The molecule has 1 N–H and O–H groups in total. The Labute approximate surface area is 105 Å². The lowest BCUT2D eigenvalue weighted by atomic mass is 10.1. The minimum atomic E-state index is -3.70. The van der Waals surface area contributed by atoms with Gasteiger partial charge in [0.2, 0.25) is 0 Å². The zero-order valence-corrected chi connectivity index (χ0v) is 11.2. The van der Waals surface area contributed by atoms with E-state index in [0.29, 0.717) is 6.42 Å². The van der Waals surface area contributed by atoms with Crippen molar-refractivity contribution in [2.24, 2.45) is 0 Å². The van der Waals surface area contributed by atoms with Crippen LogP contribution in [0.4, 0.5) is 4.39 Å². The maximum atomic E-state index is 13.6. The first kappa shape index (κ1) is 14.6. The van der Waals surface area contributed by atoms with Crippen molar-refractivity contribution in [3.8, 4) is 0 Å². The summed E-state index contributed by atoms with van der Waals surface area (Å²) in [5.41, 5.74) is -0.403. The van der Waals surface area contributed by atoms with Crippen LogP contribution in [-0.4, -0.2) is 24.7 Å². The van der Waals surface area contributed by atoms with Gasteiger partial charge in [0.1, 0.15) is 5.82 Å². The van der Waals surface area contributed by atoms with Gasteiger partial charge in [-0.2, -0.15) is 0 Å². The normalized spacial score (nSPS) is 13.3. The lowest BCUT2D eigenvalue weighted by molar-refractivity contribution is 0.0696. The van der Waals surface area contributed by atoms with Crippen molar-refractivity contribution >= 4 is 15.8 Å². The molecule has 0 saturated heterocycles. The van der Waals surface area contributed by atoms with Gasteiger partial charge in [0.05, 0.1) is 15.7 Å². The average Bonchev–Trinajstić information content (AvgIpc) is 2.30. The molecule has 0 aliphatic heterocycles. The van der Waals surface area contributed by atoms with E-state index < -0.39 is 26.9 Å². The van der Waals surface area contributed by atoms with Gasteiger partial charge in [-0.3, -0.25) is 0 Å². The van der Waals surface area contributed by atoms with Gasteiger partial charge in [-0.25, -0.2) is 17.6 Å². The summed E-state index contributed by atoms with van der Waals surface area (Å²) in [6.07, 6.45) is 0.376. The van der Waals surface area contributed by atoms with Gasteiger partial charge in [0.15, 0.2) is 9.84 Å². The van der Waals surface area contributed by atoms with E-state index in [1.165, 1.54) is 13.8 Å². The Morgan fingerprint density at radius 1 is 1.44 bits per heavy atom. The van der Waals surface area contributed by atoms with E-state index in [1.807, 2.05) is 0 Å². The van der Waals surface area contributed by atoms with Crippen LogP contribution in [0.3, 0.4) is 0 Å². The summed E-state index contributed by atoms with van der Waals surface area (Å²) in [7, 11) is -3.70. The molecule has 6 heteroatoms. The molecular weight excluding hydrogens is 259 g/mol. The number of carbonyl (C=O) groups is 1. The van der Waals surface area contributed by atoms with Crippen LogP contribution in [-0.2, 0) is 9.84 Å². The predicted octanol–water partition coefficient (Wildman–Crippen LogP) is 2.40. The lowest BCUT2D eigenvalue weighted by Crippen LogP contribution is -2.19. The monoisotopic (exact) mass is 274 g/mol. The predicted molar refractivity (Wildman–Crippen MR) is 65.0 cm³/mol. The smallest absolute Gasteiger partial charge is 0.335 e. The fourth-order valence-corrected chi connectivity index (χ4v) is 3.20. The van der Waals surface area contributed by atoms with Gasteiger partial charge in [-0.05, 0) is 32.4 Å². The van der Waals surface area contributed by atoms with Crippen molar-refractivity contribution in [2.45, 2.75) is 37.3 Å². The van der Waals surface area contributed by atoms with Crippen molar-refractivity contribution in [1.29, 1.82) is 0 Å². The summed E-state index contributed by atoms with van der Waals surface area (Å²) < 4.78 is 37.9. The van der Waals surface area contributed by atoms with Crippen LogP contribution in [0.5, 0.6) is 0 Å². The van der Waals surface area contributed by atoms with Crippen molar-refractivity contribution in [2.75, 3.05) is 0 Å². The van der Waals surface area contributed by atoms with Crippen molar-refractivity contribution in [3.63, 3.8) is 0 Å². The van der Waals surface area contributed by atoms with Gasteiger partial charge in [-0.1, -0.05) is 6.92 Å². The molecule has 1 rings (SSSR count). The summed E-state index contributed by atoms with van der Waals surface area (Å²) >= 11 is 0. The summed E-state index contributed by atoms with van der Waals surface area (Å²) in [4.78, 5) is 10.6. The molecule has 0 saturated carbocycles. The van der Waals surface area contributed by atoms with Crippen LogP contribution in [0.1, 0.15) is 36.2 Å². The third-order valence-corrected chi connectivity index (χ3v) is 5.38. The molecule has 0 aromatic heterocycles. The largest absolute Gasteiger partial charge is 0.478 e. The first-order valence-electron chi connectivity index (χ1n) is 5.49. The van der Waals surface area contributed by atoms with E-state index >= 15 is 0 Å². The third-order valence-electron chi connectivity index (χ3n) is 2.95. The van der Waals surface area contributed by atoms with E-state index in [-0.39, 0.29) is 16.0 Å². The van der Waals surface area contributed by atoms with E-state index in [9.17, 15) is 17.6 Å². The van der Waals surface area contributed by atoms with Crippen LogP contribution in [0, 0.1) is 12.7 Å². The number of sulfone groups is 1. The van der Waals surface area contributed by atoms with Gasteiger partial charge in [0.25, 0.3) is 0 Å². The van der Waals surface area contributed by atoms with Crippen LogP contribution < -0.4 is 0 Å². The number of halogens is 1. The molecule has 0 radical (unpaired) electrons. The summed E-state index contributed by atoms with van der Waals surface area (Å²) in [5.74, 6) is -2.17. The number of hydrogen-bond donors (Lipinski definition) is 1. The molecule has 0 amide bonds. The highest BCUT2D eigenvalue weighted by atomic mass is 32.2. The lowest BCUT2D eigenvalue weighted by Gasteiger charge is -2.14. The Hall–Kier alpha value is -1.43. The molecule has 18 heavy (non-hydrogen) atoms. The van der Waals surface area contributed by atoms with E-state index in [0.717, 1.165) is 12.1 Å². The molecule has 0 aliphatic carbocycles. The first-order chi connectivity index (χ1) is 8.21. The Bertz CT molecular complexity index is 578. The Morgan fingerprint density at radius 2 is 2.00 bits per heavy atom. The number of benzene rings is 1. The van der Waals surface area contributed by atoms with Gasteiger partial charge < -0.3 is 5.11 Å². The molecule has 4 nitrogen and oxygen atoms in total. The quantitative estimate of drug-likeness (QED) is 0.915. The van der Waals surface area contributed by atoms with Crippen molar-refractivity contribution in [3.05, 3.63) is 29.1 Å². The van der Waals surface area contributed by atoms with Gasteiger partial charge in [0, 0.05) is 5.56 Å². The molecule has 1 aromatic carbocycles. The third kappa shape index (κ3) is 2.53. The second-order valence-corrected chi connectivity index (χ2v) is 6.48. The number of carboxylic acid groups (broad SMARTS) is 1. The average molecular weight is 274 g/mol. The standard InChI is InChI=1S/C12H15FO4S/c1-4-7(2)18(16,17)11-6-9(12(14)15)5-10(13)8(11)3/h5-7H,4H2,1-3H3,(H,14,15). The minimum Gasteiger partial charge on any atom is -0.478 e. The number of carboxylic acids is 1. The van der Waals surface area contributed by atoms with E-state index in [1.54, 1.807) is 6.92 Å². The molecule has 0 bridgehead atoms. The Morgan fingerprint density at radius 3 is 2.44 bits per heavy atom. The number of hydrogen-bond acceptors (Lipinski definition) is 3. The zero-order valence-electron chi connectivity index (χ0n) is 10.4. The van der Waals surface area contributed by atoms with Gasteiger partial charge in [-0.15, -0.1) is 0 Å². The fraction of sp³-hybridized carbons (Fsp3) is 0.417. The summed E-state index contributed by atoms with van der Waals surface area (Å²) in [6.45, 7) is 4.55. The van der Waals surface area contributed by atoms with E-state index in [4.69, 9.17) is 5.11 Å². The molecule has 0 aliphatic rings. The molecule has 0 spiro atoms. The second kappa shape index (κ2) is 5.06. The molecule has 0 fully saturated rings. The summed E-state index contributed by atoms with van der Waals surface area (Å²) in [5, 5.41) is 8.14. The molecular formula is C12H15FO4S. The molecule has 1 atom stereocenters. The molecule has 1 unspecified atom stereocenters. The molecule has 0 heterocycles. The Kier molecular flexibility index (Phi) is 4.11. The van der Waals surface area contributed by atoms with E-state index in [2.05, 4.69) is 0 Å². The highest BCUT2D eigenvalue weighted by Crippen LogP contribution is 2.25. The van der Waals surface area contributed by atoms with Gasteiger partial charge >= 0.3 is 5.97 Å². The van der Waals surface area contributed by atoms with Crippen LogP contribution in [0.15, 0.2) is 17.0 Å². The second-order valence-electron chi connectivity index (χ2n) is 4.15. The fourth-order valence-electron chi connectivity index (χ4n) is 1.51. The first-order valence-corrected chi connectivity index (χ1v) is 7.03. The highest BCUT2D eigenvalue weighted by molar-refractivity contribution is 7.92. The Balaban J connectivity index is 3.55. The minimum absolute atomic E-state index is 0.0414. The highest BCUT2D eigenvalue weighted by Gasteiger charge is 2.26. The number of rotatable bonds is 4. The number of aromatic carboxylic acids is 1. The molecule has 1 aromatic rings. The SMILES string of the molecule is CCC(C)S(=O)(=O)c1cc(C(=O)O)cc(F)c1C. The van der Waals surface area contributed by atoms with Crippen molar-refractivity contribution < 1.29 is 22.7 Å². The van der Waals surface area contributed by atoms with Crippen LogP contribution >= 0.6 is 0 Å². The zero-order chi connectivity index (χ0) is 14.1. The maximum absolute atomic E-state index is 13.6. The van der Waals surface area contributed by atoms with Crippen LogP contribution in [0.25, 0.3) is 0 Å². The molecule has 100 valence electrons. The maximum Gasteiger partial charge on any atom is 0.335 e.